The summed E-state index contributed by atoms with van der Waals surface area (Å²) < 4.78 is 16.9. The van der Waals surface area contributed by atoms with E-state index in [9.17, 15) is 19.8 Å². The molecular formula is C39H51N3O7. The second-order valence-corrected chi connectivity index (χ2v) is 14.0. The van der Waals surface area contributed by atoms with Crippen LogP contribution in [0, 0.1) is 5.92 Å². The van der Waals surface area contributed by atoms with E-state index in [2.05, 4.69) is 15.5 Å². The van der Waals surface area contributed by atoms with Gasteiger partial charge in [-0.3, -0.25) is 9.69 Å². The summed E-state index contributed by atoms with van der Waals surface area (Å²) >= 11 is 0. The zero-order valence-electron chi connectivity index (χ0n) is 28.8. The number of nitrogens with one attached hydrogen (secondary N) is 2. The van der Waals surface area contributed by atoms with Crippen molar-refractivity contribution < 1.29 is 34.0 Å². The monoisotopic (exact) mass is 673 g/mol. The maximum Gasteiger partial charge on any atom is 0.407 e. The summed E-state index contributed by atoms with van der Waals surface area (Å²) in [5, 5.41) is 28.4. The summed E-state index contributed by atoms with van der Waals surface area (Å²) in [5.41, 5.74) is 2.85. The zero-order valence-corrected chi connectivity index (χ0v) is 28.8. The molecule has 1 saturated heterocycles. The van der Waals surface area contributed by atoms with Crippen LogP contribution in [0.1, 0.15) is 68.0 Å². The number of morpholine rings is 1. The Morgan fingerprint density at radius 2 is 1.57 bits per heavy atom. The van der Waals surface area contributed by atoms with Gasteiger partial charge in [0.15, 0.2) is 0 Å². The van der Waals surface area contributed by atoms with E-state index < -0.39 is 35.9 Å². The Morgan fingerprint density at radius 3 is 2.27 bits per heavy atom. The van der Waals surface area contributed by atoms with Gasteiger partial charge in [0.1, 0.15) is 18.0 Å². The SMILES string of the molecule is CC(C)(C)OC(=O)NC(Cc1ccccc1)C(O)CC(Cc1ccc(OCCN2CCOCC2)cc1)C(=O)NC1C[C@H](O)c2ccccc21. The topological polar surface area (TPSA) is 130 Å². The van der Waals surface area contributed by atoms with Crippen molar-refractivity contribution in [1.29, 1.82) is 0 Å². The highest BCUT2D eigenvalue weighted by atomic mass is 16.6. The molecule has 1 heterocycles. The summed E-state index contributed by atoms with van der Waals surface area (Å²) in [6.07, 6.45) is -1.16. The number of hydrogen-bond donors (Lipinski definition) is 4. The van der Waals surface area contributed by atoms with Crippen molar-refractivity contribution in [3.63, 3.8) is 0 Å². The van der Waals surface area contributed by atoms with Crippen LogP contribution in [0.3, 0.4) is 0 Å². The van der Waals surface area contributed by atoms with Crippen molar-refractivity contribution in [1.82, 2.24) is 15.5 Å². The van der Waals surface area contributed by atoms with E-state index in [1.54, 1.807) is 20.8 Å². The van der Waals surface area contributed by atoms with E-state index >= 15 is 0 Å². The predicted molar refractivity (Wildman–Crippen MR) is 187 cm³/mol. The summed E-state index contributed by atoms with van der Waals surface area (Å²) in [5.74, 6) is -0.111. The van der Waals surface area contributed by atoms with Crippen molar-refractivity contribution in [3.05, 3.63) is 101 Å². The number of carbonyl (C=O) groups is 2. The van der Waals surface area contributed by atoms with Gasteiger partial charge in [-0.1, -0.05) is 66.7 Å². The number of fused-ring (bicyclic) bond motifs is 1. The number of alkyl carbamates (subject to hydrolysis) is 1. The number of ether oxygens (including phenoxy) is 3. The molecule has 2 amide bonds. The summed E-state index contributed by atoms with van der Waals surface area (Å²) in [7, 11) is 0. The van der Waals surface area contributed by atoms with Gasteiger partial charge in [0, 0.05) is 32.0 Å². The van der Waals surface area contributed by atoms with Crippen molar-refractivity contribution in [2.75, 3.05) is 39.5 Å². The number of benzene rings is 3. The Balaban J connectivity index is 1.30. The second-order valence-electron chi connectivity index (χ2n) is 14.0. The fraction of sp³-hybridized carbons (Fsp3) is 0.487. The molecule has 4 N–H and O–H groups in total. The fourth-order valence-corrected chi connectivity index (χ4v) is 6.51. The molecule has 5 rings (SSSR count). The molecule has 10 heteroatoms. The number of amides is 2. The van der Waals surface area contributed by atoms with Crippen LogP contribution >= 0.6 is 0 Å². The van der Waals surface area contributed by atoms with Gasteiger partial charge in [-0.25, -0.2) is 4.79 Å². The van der Waals surface area contributed by atoms with Crippen LogP contribution in [0.25, 0.3) is 0 Å². The Bertz CT molecular complexity index is 1490. The fourth-order valence-electron chi connectivity index (χ4n) is 6.51. The second kappa shape index (κ2) is 17.1. The summed E-state index contributed by atoms with van der Waals surface area (Å²) in [4.78, 5) is 29.2. The zero-order chi connectivity index (χ0) is 34.8. The van der Waals surface area contributed by atoms with E-state index in [-0.39, 0.29) is 18.4 Å². The van der Waals surface area contributed by atoms with Gasteiger partial charge in [-0.05, 0) is 74.4 Å². The normalized spacial score (nSPS) is 19.7. The first-order valence-corrected chi connectivity index (χ1v) is 17.3. The van der Waals surface area contributed by atoms with Gasteiger partial charge in [0.25, 0.3) is 0 Å². The standard InChI is InChI=1S/C39H51N3O7/c1-39(2,3)49-38(46)41-34(24-27-9-5-4-6-10-27)36(44)25-29(37(45)40-33-26-35(43)32-12-8-7-11-31(32)33)23-28-13-15-30(16-14-28)48-22-19-42-17-20-47-21-18-42/h4-16,29,33-36,43-44H,17-26H2,1-3H3,(H,40,45)(H,41,46)/t29?,33?,34?,35-,36?/m0/s1. The minimum absolute atomic E-state index is 0.0911. The molecule has 4 unspecified atom stereocenters. The molecule has 1 fully saturated rings. The highest BCUT2D eigenvalue weighted by Gasteiger charge is 2.34. The minimum atomic E-state index is -1.06. The molecule has 1 aliphatic heterocycles. The Morgan fingerprint density at radius 1 is 0.918 bits per heavy atom. The number of hydrogen-bond acceptors (Lipinski definition) is 8. The molecular weight excluding hydrogens is 622 g/mol. The van der Waals surface area contributed by atoms with Crippen LogP contribution in [0.15, 0.2) is 78.9 Å². The number of nitrogens with zero attached hydrogens (tertiary/aromatic N) is 1. The maximum atomic E-state index is 14.1. The van der Waals surface area contributed by atoms with E-state index in [0.717, 1.165) is 60.9 Å². The summed E-state index contributed by atoms with van der Waals surface area (Å²) in [6, 6.07) is 23.9. The van der Waals surface area contributed by atoms with Crippen LogP contribution in [-0.4, -0.2) is 84.3 Å². The Kier molecular flexibility index (Phi) is 12.7. The Hall–Kier alpha value is -3.96. The molecule has 2 aliphatic rings. The lowest BCUT2D eigenvalue weighted by Gasteiger charge is -2.29. The third-order valence-corrected chi connectivity index (χ3v) is 9.05. The van der Waals surface area contributed by atoms with E-state index in [1.165, 1.54) is 0 Å². The van der Waals surface area contributed by atoms with Crippen LogP contribution in [0.5, 0.6) is 5.75 Å². The number of rotatable bonds is 14. The van der Waals surface area contributed by atoms with Crippen molar-refractivity contribution >= 4 is 12.0 Å². The van der Waals surface area contributed by atoms with E-state index in [1.807, 2.05) is 78.9 Å². The number of aliphatic hydroxyl groups is 2. The van der Waals surface area contributed by atoms with Crippen molar-refractivity contribution in [2.45, 2.75) is 76.3 Å². The minimum Gasteiger partial charge on any atom is -0.492 e. The molecule has 0 spiro atoms. The van der Waals surface area contributed by atoms with Gasteiger partial charge >= 0.3 is 6.09 Å². The average Bonchev–Trinajstić information content (AvgIpc) is 3.39. The first-order valence-electron chi connectivity index (χ1n) is 17.3. The highest BCUT2D eigenvalue weighted by Crippen LogP contribution is 2.38. The molecule has 3 aromatic rings. The molecule has 10 nitrogen and oxygen atoms in total. The summed E-state index contributed by atoms with van der Waals surface area (Å²) in [6.45, 7) is 10.1. The molecule has 264 valence electrons. The van der Waals surface area contributed by atoms with Crippen LogP contribution < -0.4 is 15.4 Å². The number of aliphatic hydroxyl groups excluding tert-OH is 2. The van der Waals surface area contributed by atoms with Gasteiger partial charge in [-0.2, -0.15) is 0 Å². The van der Waals surface area contributed by atoms with Crippen LogP contribution in [-0.2, 0) is 27.1 Å². The molecule has 3 aromatic carbocycles. The molecule has 0 bridgehead atoms. The average molecular weight is 674 g/mol. The van der Waals surface area contributed by atoms with Gasteiger partial charge in [0.05, 0.1) is 37.5 Å². The van der Waals surface area contributed by atoms with Gasteiger partial charge in [-0.15, -0.1) is 0 Å². The van der Waals surface area contributed by atoms with E-state index in [0.29, 0.717) is 25.9 Å². The quantitative estimate of drug-likeness (QED) is 0.193. The lowest BCUT2D eigenvalue weighted by molar-refractivity contribution is -0.127. The molecule has 0 radical (unpaired) electrons. The molecule has 49 heavy (non-hydrogen) atoms. The largest absolute Gasteiger partial charge is 0.492 e. The van der Waals surface area contributed by atoms with Crippen molar-refractivity contribution in [3.8, 4) is 5.75 Å². The first kappa shape index (κ1) is 36.3. The third-order valence-electron chi connectivity index (χ3n) is 9.05. The third kappa shape index (κ3) is 11.0. The molecule has 1 aliphatic carbocycles. The smallest absolute Gasteiger partial charge is 0.407 e. The van der Waals surface area contributed by atoms with Crippen molar-refractivity contribution in [2.24, 2.45) is 5.92 Å². The predicted octanol–water partition coefficient (Wildman–Crippen LogP) is 4.74. The van der Waals surface area contributed by atoms with Gasteiger partial charge < -0.3 is 35.1 Å². The van der Waals surface area contributed by atoms with Crippen LogP contribution in [0.2, 0.25) is 0 Å². The lowest BCUT2D eigenvalue weighted by Crippen LogP contribution is -2.48. The van der Waals surface area contributed by atoms with Gasteiger partial charge in [0.2, 0.25) is 5.91 Å². The molecule has 0 aromatic heterocycles. The molecule has 0 saturated carbocycles. The maximum absolute atomic E-state index is 14.1. The number of carbonyl (C=O) groups excluding carboxylic acids is 2. The lowest BCUT2D eigenvalue weighted by atomic mass is 9.88. The van der Waals surface area contributed by atoms with E-state index in [4.69, 9.17) is 14.2 Å². The molecule has 5 atom stereocenters. The highest BCUT2D eigenvalue weighted by molar-refractivity contribution is 5.80. The van der Waals surface area contributed by atoms with Crippen LogP contribution in [0.4, 0.5) is 4.79 Å². The Labute approximate surface area is 289 Å². The first-order chi connectivity index (χ1) is 23.5.